The summed E-state index contributed by atoms with van der Waals surface area (Å²) in [6, 6.07) is 7.80. The predicted molar refractivity (Wildman–Crippen MR) is 48.5 cm³/mol. The molecule has 1 rings (SSSR count). The third-order valence-corrected chi connectivity index (χ3v) is 2.57. The first-order valence-corrected chi connectivity index (χ1v) is 5.20. The first-order valence-electron chi connectivity index (χ1n) is 2.69. The van der Waals surface area contributed by atoms with Crippen LogP contribution < -0.4 is 0 Å². The van der Waals surface area contributed by atoms with Gasteiger partial charge < -0.3 is 0 Å². The van der Waals surface area contributed by atoms with Crippen molar-refractivity contribution < 1.29 is 0 Å². The Hall–Kier alpha value is 0.689. The Kier molecular flexibility index (Phi) is 3.43. The zero-order valence-corrected chi connectivity index (χ0v) is 10.1. The first kappa shape index (κ1) is 8.78. The molecule has 0 nitrogen and oxygen atoms in total. The molecule has 3 heteroatoms. The van der Waals surface area contributed by atoms with Gasteiger partial charge in [0.1, 0.15) is 0 Å². The van der Waals surface area contributed by atoms with E-state index in [4.69, 9.17) is 11.6 Å². The van der Waals surface area contributed by atoms with Gasteiger partial charge in [-0.2, -0.15) is 0 Å². The second-order valence-corrected chi connectivity index (χ2v) is 6.41. The molecular formula is C7H5ClSeTe. The zero-order chi connectivity index (χ0) is 7.56. The van der Waals surface area contributed by atoms with E-state index in [1.807, 2.05) is 24.3 Å². The molecule has 10 heavy (non-hydrogen) atoms. The molecule has 0 aliphatic heterocycles. The summed E-state index contributed by atoms with van der Waals surface area (Å²) in [6.07, 6.45) is 0. The van der Waals surface area contributed by atoms with Gasteiger partial charge in [-0.05, 0) is 0 Å². The van der Waals surface area contributed by atoms with Crippen LogP contribution in [0.1, 0.15) is 5.56 Å². The van der Waals surface area contributed by atoms with E-state index in [1.54, 1.807) is 22.3 Å². The van der Waals surface area contributed by atoms with Crippen LogP contribution in [0, 0.1) is 0 Å². The minimum absolute atomic E-state index is 0.788. The molecule has 0 heterocycles. The number of benzene rings is 1. The first-order chi connectivity index (χ1) is 4.70. The topological polar surface area (TPSA) is 0 Å². The van der Waals surface area contributed by atoms with Gasteiger partial charge in [-0.1, -0.05) is 0 Å². The van der Waals surface area contributed by atoms with E-state index in [1.165, 1.54) is 8.03 Å². The summed E-state index contributed by atoms with van der Waals surface area (Å²) in [4.78, 5) is 0. The second kappa shape index (κ2) is 3.90. The van der Waals surface area contributed by atoms with Crippen LogP contribution in [0.3, 0.4) is 0 Å². The average molecular weight is 331 g/mol. The Labute approximate surface area is 86.2 Å². The van der Waals surface area contributed by atoms with Crippen molar-refractivity contribution in [3.63, 3.8) is 0 Å². The summed E-state index contributed by atoms with van der Waals surface area (Å²) in [5, 5.41) is 0.788. The van der Waals surface area contributed by atoms with Crippen LogP contribution in [0.5, 0.6) is 0 Å². The quantitative estimate of drug-likeness (QED) is 0.671. The van der Waals surface area contributed by atoms with Crippen molar-refractivity contribution in [2.75, 3.05) is 0 Å². The van der Waals surface area contributed by atoms with E-state index in [0.29, 0.717) is 0 Å². The summed E-state index contributed by atoms with van der Waals surface area (Å²) < 4.78 is 1.24. The molecule has 1 aromatic rings. The number of halogens is 1. The van der Waals surface area contributed by atoms with E-state index in [2.05, 4.69) is 15.6 Å². The predicted octanol–water partition coefficient (Wildman–Crippen LogP) is 0.887. The van der Waals surface area contributed by atoms with Gasteiger partial charge in [0, 0.05) is 0 Å². The molecule has 0 aromatic heterocycles. The second-order valence-electron chi connectivity index (χ2n) is 1.81. The van der Waals surface area contributed by atoms with Crippen LogP contribution in [0.15, 0.2) is 24.3 Å². The van der Waals surface area contributed by atoms with Crippen LogP contribution in [0.4, 0.5) is 0 Å². The zero-order valence-electron chi connectivity index (χ0n) is 5.04. The molecule has 0 bridgehead atoms. The molecule has 1 aromatic carbocycles. The monoisotopic (exact) mass is 334 g/mol. The molecular weight excluding hydrogens is 326 g/mol. The molecule has 0 saturated carbocycles. The summed E-state index contributed by atoms with van der Waals surface area (Å²) in [6.45, 7) is 0. The molecule has 0 saturated heterocycles. The summed E-state index contributed by atoms with van der Waals surface area (Å²) in [5.74, 6) is 0. The van der Waals surface area contributed by atoms with Crippen LogP contribution in [0.2, 0.25) is 5.02 Å². The number of hydrogen-bond donors (Lipinski definition) is 0. The average Bonchev–Trinajstić information content (AvgIpc) is 1.88. The summed E-state index contributed by atoms with van der Waals surface area (Å²) in [5.41, 5.74) is 1.22. The van der Waals surface area contributed by atoms with Crippen LogP contribution in [-0.4, -0.2) is 40.3 Å². The van der Waals surface area contributed by atoms with Gasteiger partial charge in [0.2, 0.25) is 0 Å². The number of hydrogen-bond acceptors (Lipinski definition) is 0. The van der Waals surface area contributed by atoms with E-state index in [0.717, 1.165) is 5.02 Å². The van der Waals surface area contributed by atoms with Crippen molar-refractivity contribution in [2.24, 2.45) is 0 Å². The Balaban J connectivity index is 3.00. The fraction of sp³-hybridized carbons (Fsp3) is 0. The van der Waals surface area contributed by atoms with Crippen molar-refractivity contribution in [2.45, 2.75) is 0 Å². The fourth-order valence-electron chi connectivity index (χ4n) is 0.592. The molecule has 52 valence electrons. The summed E-state index contributed by atoms with van der Waals surface area (Å²) in [7, 11) is 0. The Morgan fingerprint density at radius 3 is 2.20 bits per heavy atom. The Morgan fingerprint density at radius 2 is 1.80 bits per heavy atom. The van der Waals surface area contributed by atoms with Crippen molar-refractivity contribution in [3.05, 3.63) is 34.9 Å². The van der Waals surface area contributed by atoms with E-state index in [9.17, 15) is 0 Å². The van der Waals surface area contributed by atoms with E-state index >= 15 is 0 Å². The maximum atomic E-state index is 5.70. The molecule has 0 N–H and O–H groups in total. The fourth-order valence-corrected chi connectivity index (χ4v) is 1.43. The number of rotatable bonds is 1. The molecule has 0 radical (unpaired) electrons. The maximum absolute atomic E-state index is 5.70. The van der Waals surface area contributed by atoms with Crippen LogP contribution in [0.25, 0.3) is 0 Å². The van der Waals surface area contributed by atoms with Gasteiger partial charge in [0.05, 0.1) is 0 Å². The standard InChI is InChI=1S/C7H5ClSeTe/c8-6-3-1-5(2-4-6)7(9)10/h1-4H,(H,9,10). The minimum atomic E-state index is 0.788. The Bertz CT molecular complexity index is 242. The molecule has 0 atom stereocenters. The van der Waals surface area contributed by atoms with Crippen molar-refractivity contribution in [1.29, 1.82) is 0 Å². The van der Waals surface area contributed by atoms with Gasteiger partial charge in [-0.3, -0.25) is 0 Å². The van der Waals surface area contributed by atoms with Crippen LogP contribution >= 0.6 is 11.6 Å². The molecule has 0 amide bonds. The van der Waals surface area contributed by atoms with Gasteiger partial charge in [0.25, 0.3) is 0 Å². The van der Waals surface area contributed by atoms with Crippen molar-refractivity contribution in [3.8, 4) is 0 Å². The van der Waals surface area contributed by atoms with Crippen LogP contribution in [-0.2, 0) is 0 Å². The molecule has 0 aliphatic carbocycles. The molecule has 0 spiro atoms. The SMILES string of the molecule is Clc1ccc(C(=[Se])[TeH])cc1. The molecule has 0 aliphatic rings. The molecule has 0 fully saturated rings. The molecule has 0 unspecified atom stereocenters. The summed E-state index contributed by atoms with van der Waals surface area (Å²) >= 11 is 10.4. The van der Waals surface area contributed by atoms with E-state index < -0.39 is 0 Å². The Morgan fingerprint density at radius 1 is 1.30 bits per heavy atom. The van der Waals surface area contributed by atoms with Gasteiger partial charge in [-0.15, -0.1) is 0 Å². The van der Waals surface area contributed by atoms with Gasteiger partial charge in [0.15, 0.2) is 0 Å². The third-order valence-electron chi connectivity index (χ3n) is 1.09. The van der Waals surface area contributed by atoms with Gasteiger partial charge >= 0.3 is 86.8 Å². The normalized spacial score (nSPS) is 9.40. The van der Waals surface area contributed by atoms with Crippen molar-refractivity contribution >= 4 is 51.9 Å². The van der Waals surface area contributed by atoms with E-state index in [-0.39, 0.29) is 0 Å². The third kappa shape index (κ3) is 2.38. The van der Waals surface area contributed by atoms with Crippen molar-refractivity contribution in [1.82, 2.24) is 0 Å². The van der Waals surface area contributed by atoms with Gasteiger partial charge in [-0.25, -0.2) is 0 Å².